The summed E-state index contributed by atoms with van der Waals surface area (Å²) in [6, 6.07) is 20.2. The van der Waals surface area contributed by atoms with Crippen molar-refractivity contribution in [2.75, 3.05) is 12.3 Å². The Morgan fingerprint density at radius 2 is 1.74 bits per heavy atom. The summed E-state index contributed by atoms with van der Waals surface area (Å²) in [5, 5.41) is 10.8. The molecular weight excluding hydrogens is 430 g/mol. The number of rotatable bonds is 9. The van der Waals surface area contributed by atoms with Gasteiger partial charge < -0.3 is 25.1 Å². The molecule has 0 bridgehead atoms. The van der Waals surface area contributed by atoms with Crippen LogP contribution in [0.5, 0.6) is 28.7 Å². The van der Waals surface area contributed by atoms with E-state index in [-0.39, 0.29) is 11.7 Å². The molecule has 172 valence electrons. The Hall–Kier alpha value is -4.52. The van der Waals surface area contributed by atoms with Gasteiger partial charge in [-0.05, 0) is 42.3 Å². The smallest absolute Gasteiger partial charge is 0.220 e. The van der Waals surface area contributed by atoms with E-state index in [1.807, 2.05) is 49.4 Å². The Bertz CT molecular complexity index is 1290. The van der Waals surface area contributed by atoms with Gasteiger partial charge in [0.15, 0.2) is 17.2 Å². The van der Waals surface area contributed by atoms with Crippen LogP contribution in [0.25, 0.3) is 17.3 Å². The first kappa shape index (κ1) is 22.7. The van der Waals surface area contributed by atoms with Gasteiger partial charge in [-0.1, -0.05) is 49.1 Å². The first-order valence-corrected chi connectivity index (χ1v) is 10.8. The second-order valence-corrected chi connectivity index (χ2v) is 7.34. The molecule has 3 N–H and O–H groups in total. The lowest BCUT2D eigenvalue weighted by Crippen LogP contribution is -2.01. The number of benzene rings is 3. The fraction of sp³-hybridized carbons (Fsp3) is 0.111. The number of aromatic nitrogens is 2. The molecule has 34 heavy (non-hydrogen) atoms. The Balaban J connectivity index is 1.58. The van der Waals surface area contributed by atoms with E-state index >= 15 is 0 Å². The Kier molecular flexibility index (Phi) is 6.93. The quantitative estimate of drug-likeness (QED) is 0.327. The van der Waals surface area contributed by atoms with Crippen molar-refractivity contribution in [3.8, 4) is 40.0 Å². The number of aromatic hydroxyl groups is 1. The number of phenols is 1. The molecule has 0 amide bonds. The number of hydrogen-bond donors (Lipinski definition) is 2. The van der Waals surface area contributed by atoms with Crippen LogP contribution in [-0.2, 0) is 6.61 Å². The highest BCUT2D eigenvalue weighted by molar-refractivity contribution is 5.74. The summed E-state index contributed by atoms with van der Waals surface area (Å²) in [5.74, 6) is 1.96. The lowest BCUT2D eigenvalue weighted by atomic mass is 10.1. The van der Waals surface area contributed by atoms with Crippen LogP contribution < -0.4 is 19.9 Å². The molecule has 3 aromatic carbocycles. The molecule has 4 aromatic rings. The predicted molar refractivity (Wildman–Crippen MR) is 132 cm³/mol. The number of hydrogen-bond acceptors (Lipinski definition) is 7. The maximum atomic E-state index is 10.8. The van der Waals surface area contributed by atoms with Crippen molar-refractivity contribution in [2.45, 2.75) is 13.5 Å². The lowest BCUT2D eigenvalue weighted by molar-refractivity contribution is 0.304. The Labute approximate surface area is 198 Å². The minimum Gasteiger partial charge on any atom is -0.507 e. The average molecular weight is 456 g/mol. The number of nitrogen functional groups attached to an aromatic ring is 1. The van der Waals surface area contributed by atoms with Gasteiger partial charge in [-0.25, -0.2) is 9.97 Å². The van der Waals surface area contributed by atoms with Crippen LogP contribution in [0, 0.1) is 0 Å². The molecule has 7 nitrogen and oxygen atoms in total. The SMILES string of the molecule is C=Cc1ccc(COc2ccc(-c3nc(N)ncc3Oc3ccccc3OCC)c(O)c2)cc1. The lowest BCUT2D eigenvalue weighted by Gasteiger charge is -2.15. The number of ether oxygens (including phenoxy) is 3. The van der Waals surface area contributed by atoms with Crippen molar-refractivity contribution in [2.24, 2.45) is 0 Å². The summed E-state index contributed by atoms with van der Waals surface area (Å²) in [7, 11) is 0. The summed E-state index contributed by atoms with van der Waals surface area (Å²) in [5.41, 5.74) is 8.65. The summed E-state index contributed by atoms with van der Waals surface area (Å²) >= 11 is 0. The number of anilines is 1. The molecule has 1 heterocycles. The van der Waals surface area contributed by atoms with Gasteiger partial charge in [0, 0.05) is 11.6 Å². The van der Waals surface area contributed by atoms with Crippen LogP contribution in [0.1, 0.15) is 18.1 Å². The third-order valence-corrected chi connectivity index (χ3v) is 4.99. The van der Waals surface area contributed by atoms with E-state index in [4.69, 9.17) is 19.9 Å². The maximum absolute atomic E-state index is 10.8. The van der Waals surface area contributed by atoms with Gasteiger partial charge in [0.05, 0.1) is 12.8 Å². The molecule has 7 heteroatoms. The van der Waals surface area contributed by atoms with E-state index in [9.17, 15) is 5.11 Å². The highest BCUT2D eigenvalue weighted by Crippen LogP contribution is 2.40. The number of nitrogens with zero attached hydrogens (tertiary/aromatic N) is 2. The van der Waals surface area contributed by atoms with Crippen molar-refractivity contribution in [1.82, 2.24) is 9.97 Å². The molecule has 1 aromatic heterocycles. The molecule has 0 fully saturated rings. The summed E-state index contributed by atoms with van der Waals surface area (Å²) in [4.78, 5) is 8.36. The van der Waals surface area contributed by atoms with Crippen molar-refractivity contribution >= 4 is 12.0 Å². The van der Waals surface area contributed by atoms with Crippen molar-refractivity contribution in [3.63, 3.8) is 0 Å². The van der Waals surface area contributed by atoms with Crippen molar-refractivity contribution in [3.05, 3.63) is 90.6 Å². The number of nitrogens with two attached hydrogens (primary N) is 1. The molecule has 0 unspecified atom stereocenters. The zero-order valence-electron chi connectivity index (χ0n) is 18.8. The molecule has 0 aliphatic carbocycles. The molecular formula is C27H25N3O4. The molecule has 4 rings (SSSR count). The Morgan fingerprint density at radius 3 is 2.44 bits per heavy atom. The highest BCUT2D eigenvalue weighted by Gasteiger charge is 2.17. The van der Waals surface area contributed by atoms with E-state index in [0.29, 0.717) is 47.5 Å². The molecule has 0 aliphatic rings. The topological polar surface area (TPSA) is 99.7 Å². The maximum Gasteiger partial charge on any atom is 0.220 e. The van der Waals surface area contributed by atoms with Gasteiger partial charge in [-0.15, -0.1) is 0 Å². The van der Waals surface area contributed by atoms with E-state index in [2.05, 4.69) is 16.5 Å². The van der Waals surface area contributed by atoms with Gasteiger partial charge in [0.25, 0.3) is 0 Å². The molecule has 0 aliphatic heterocycles. The fourth-order valence-electron chi connectivity index (χ4n) is 3.30. The Morgan fingerprint density at radius 1 is 0.971 bits per heavy atom. The molecule has 0 radical (unpaired) electrons. The van der Waals surface area contributed by atoms with Crippen LogP contribution >= 0.6 is 0 Å². The van der Waals surface area contributed by atoms with Crippen LogP contribution in [0.3, 0.4) is 0 Å². The normalized spacial score (nSPS) is 10.5. The van der Waals surface area contributed by atoms with Gasteiger partial charge >= 0.3 is 0 Å². The van der Waals surface area contributed by atoms with Crippen molar-refractivity contribution in [1.29, 1.82) is 0 Å². The second-order valence-electron chi connectivity index (χ2n) is 7.34. The minimum atomic E-state index is -0.0273. The zero-order chi connectivity index (χ0) is 23.9. The number of phenolic OH excluding ortho intramolecular Hbond substituents is 1. The third kappa shape index (κ3) is 5.27. The molecule has 0 saturated heterocycles. The van der Waals surface area contributed by atoms with Gasteiger partial charge in [-0.3, -0.25) is 0 Å². The minimum absolute atomic E-state index is 0.0273. The zero-order valence-corrected chi connectivity index (χ0v) is 18.8. The van der Waals surface area contributed by atoms with E-state index < -0.39 is 0 Å². The van der Waals surface area contributed by atoms with E-state index in [1.165, 1.54) is 12.3 Å². The van der Waals surface area contributed by atoms with Crippen LogP contribution in [0.2, 0.25) is 0 Å². The molecule has 0 saturated carbocycles. The molecule has 0 atom stereocenters. The third-order valence-electron chi connectivity index (χ3n) is 4.99. The molecule has 0 spiro atoms. The van der Waals surface area contributed by atoms with E-state index in [1.54, 1.807) is 24.3 Å². The number of para-hydroxylation sites is 2. The fourth-order valence-corrected chi connectivity index (χ4v) is 3.30. The summed E-state index contributed by atoms with van der Waals surface area (Å²) < 4.78 is 17.5. The highest BCUT2D eigenvalue weighted by atomic mass is 16.5. The second kappa shape index (κ2) is 10.4. The largest absolute Gasteiger partial charge is 0.507 e. The first-order chi connectivity index (χ1) is 16.6. The average Bonchev–Trinajstić information content (AvgIpc) is 2.85. The first-order valence-electron chi connectivity index (χ1n) is 10.8. The summed E-state index contributed by atoms with van der Waals surface area (Å²) in [6.45, 7) is 6.50. The standard InChI is InChI=1S/C27H25N3O4/c1-3-18-9-11-19(12-10-18)17-33-20-13-14-21(22(31)15-20)26-25(16-29-27(28)30-26)34-24-8-6-5-7-23(24)32-4-2/h3,5-16,31H,1,4,17H2,2H3,(H2,28,29,30). The van der Waals surface area contributed by atoms with Crippen LogP contribution in [0.15, 0.2) is 79.5 Å². The van der Waals surface area contributed by atoms with Gasteiger partial charge in [-0.2, -0.15) is 0 Å². The van der Waals surface area contributed by atoms with E-state index in [0.717, 1.165) is 11.1 Å². The predicted octanol–water partition coefficient (Wildman–Crippen LogP) is 5.84. The van der Waals surface area contributed by atoms with Crippen LogP contribution in [-0.4, -0.2) is 21.7 Å². The van der Waals surface area contributed by atoms with Gasteiger partial charge in [0.2, 0.25) is 5.95 Å². The summed E-state index contributed by atoms with van der Waals surface area (Å²) in [6.07, 6.45) is 3.26. The van der Waals surface area contributed by atoms with Gasteiger partial charge in [0.1, 0.15) is 23.8 Å². The monoisotopic (exact) mass is 455 g/mol. The van der Waals surface area contributed by atoms with Crippen molar-refractivity contribution < 1.29 is 19.3 Å². The van der Waals surface area contributed by atoms with Crippen LogP contribution in [0.4, 0.5) is 5.95 Å².